The summed E-state index contributed by atoms with van der Waals surface area (Å²) in [5, 5.41) is 12.3. The van der Waals surface area contributed by atoms with Crippen molar-refractivity contribution in [3.63, 3.8) is 0 Å². The maximum atomic E-state index is 13.4. The molecule has 0 aliphatic rings. The van der Waals surface area contributed by atoms with Gasteiger partial charge in [-0.2, -0.15) is 0 Å². The second-order valence-electron chi connectivity index (χ2n) is 7.26. The third-order valence-electron chi connectivity index (χ3n) is 4.94. The van der Waals surface area contributed by atoms with Gasteiger partial charge in [-0.1, -0.05) is 42.1 Å². The van der Waals surface area contributed by atoms with Crippen molar-refractivity contribution in [1.82, 2.24) is 14.8 Å². The fourth-order valence-corrected chi connectivity index (χ4v) is 4.12. The first-order chi connectivity index (χ1) is 16.1. The molecule has 1 N–H and O–H groups in total. The molecule has 1 aromatic heterocycles. The summed E-state index contributed by atoms with van der Waals surface area (Å²) in [5.41, 5.74) is 2.60. The Kier molecular flexibility index (Phi) is 7.36. The van der Waals surface area contributed by atoms with Gasteiger partial charge in [0, 0.05) is 23.4 Å². The number of halogens is 1. The first-order valence-corrected chi connectivity index (χ1v) is 11.4. The van der Waals surface area contributed by atoms with Gasteiger partial charge in [0.1, 0.15) is 11.6 Å². The Hall–Kier alpha value is -3.65. The molecular weight excluding hydrogens is 439 g/mol. The summed E-state index contributed by atoms with van der Waals surface area (Å²) in [5.74, 6) is 1.55. The molecule has 0 atom stereocenters. The number of hydrogen-bond acceptors (Lipinski definition) is 5. The number of benzene rings is 3. The van der Waals surface area contributed by atoms with E-state index in [9.17, 15) is 9.18 Å². The minimum Gasteiger partial charge on any atom is -0.497 e. The minimum atomic E-state index is -0.301. The van der Waals surface area contributed by atoms with Gasteiger partial charge in [0.25, 0.3) is 0 Å². The van der Waals surface area contributed by atoms with Gasteiger partial charge >= 0.3 is 0 Å². The van der Waals surface area contributed by atoms with Crippen molar-refractivity contribution in [1.29, 1.82) is 0 Å². The van der Waals surface area contributed by atoms with Crippen LogP contribution in [0.1, 0.15) is 12.0 Å². The number of rotatable bonds is 9. The summed E-state index contributed by atoms with van der Waals surface area (Å²) in [6.45, 7) is 0.570. The van der Waals surface area contributed by atoms with Crippen LogP contribution in [0.15, 0.2) is 84.0 Å². The maximum absolute atomic E-state index is 13.4. The highest BCUT2D eigenvalue weighted by atomic mass is 32.2. The SMILES string of the molecule is COc1ccc(NC(=O)CCSc2nnc(-c3ccc(F)cc3)n2Cc2ccccc2)cc1. The highest BCUT2D eigenvalue weighted by Crippen LogP contribution is 2.26. The Balaban J connectivity index is 1.45. The molecule has 1 heterocycles. The number of anilines is 1. The van der Waals surface area contributed by atoms with E-state index in [0.29, 0.717) is 29.7 Å². The fraction of sp³-hybridized carbons (Fsp3) is 0.160. The van der Waals surface area contributed by atoms with Crippen LogP contribution in [0.4, 0.5) is 10.1 Å². The second kappa shape index (κ2) is 10.8. The number of carbonyl (C=O) groups excluding carboxylic acids is 1. The predicted molar refractivity (Wildman–Crippen MR) is 128 cm³/mol. The lowest BCUT2D eigenvalue weighted by Crippen LogP contribution is -2.12. The summed E-state index contributed by atoms with van der Waals surface area (Å²) < 4.78 is 20.5. The van der Waals surface area contributed by atoms with E-state index in [-0.39, 0.29) is 11.7 Å². The highest BCUT2D eigenvalue weighted by molar-refractivity contribution is 7.99. The van der Waals surface area contributed by atoms with E-state index in [1.54, 1.807) is 43.5 Å². The van der Waals surface area contributed by atoms with Crippen molar-refractivity contribution in [3.8, 4) is 17.1 Å². The summed E-state index contributed by atoms with van der Waals surface area (Å²) in [6.07, 6.45) is 0.320. The summed E-state index contributed by atoms with van der Waals surface area (Å²) in [6, 6.07) is 23.4. The van der Waals surface area contributed by atoms with E-state index in [2.05, 4.69) is 15.5 Å². The Bertz CT molecular complexity index is 1200. The molecule has 1 amide bonds. The Morgan fingerprint density at radius 1 is 1.00 bits per heavy atom. The first kappa shape index (κ1) is 22.5. The molecule has 0 saturated carbocycles. The molecule has 0 aliphatic carbocycles. The third-order valence-corrected chi connectivity index (χ3v) is 5.91. The lowest BCUT2D eigenvalue weighted by Gasteiger charge is -2.11. The van der Waals surface area contributed by atoms with Crippen LogP contribution in [0, 0.1) is 5.82 Å². The zero-order chi connectivity index (χ0) is 23.0. The van der Waals surface area contributed by atoms with Crippen LogP contribution in [-0.2, 0) is 11.3 Å². The van der Waals surface area contributed by atoms with E-state index < -0.39 is 0 Å². The van der Waals surface area contributed by atoms with E-state index in [1.807, 2.05) is 34.9 Å². The van der Waals surface area contributed by atoms with Crippen LogP contribution in [0.3, 0.4) is 0 Å². The molecule has 0 fully saturated rings. The van der Waals surface area contributed by atoms with E-state index >= 15 is 0 Å². The quantitative estimate of drug-likeness (QED) is 0.344. The average Bonchev–Trinajstić information content (AvgIpc) is 3.23. The molecular formula is C25H23FN4O2S. The Morgan fingerprint density at radius 2 is 1.73 bits per heavy atom. The van der Waals surface area contributed by atoms with Gasteiger partial charge in [-0.3, -0.25) is 9.36 Å². The standard InChI is InChI=1S/C25H23FN4O2S/c1-32-22-13-11-21(12-14-22)27-23(31)15-16-33-25-29-28-24(19-7-9-20(26)10-8-19)30(25)17-18-5-3-2-4-6-18/h2-14H,15-17H2,1H3,(H,27,31). The third kappa shape index (κ3) is 5.98. The van der Waals surface area contributed by atoms with Crippen molar-refractivity contribution in [2.75, 3.05) is 18.2 Å². The van der Waals surface area contributed by atoms with Gasteiger partial charge in [0.05, 0.1) is 13.7 Å². The highest BCUT2D eigenvalue weighted by Gasteiger charge is 2.15. The number of nitrogens with zero attached hydrogens (tertiary/aromatic N) is 3. The second-order valence-corrected chi connectivity index (χ2v) is 8.32. The topological polar surface area (TPSA) is 69.0 Å². The van der Waals surface area contributed by atoms with E-state index in [4.69, 9.17) is 4.74 Å². The number of amides is 1. The molecule has 4 rings (SSSR count). The molecule has 33 heavy (non-hydrogen) atoms. The van der Waals surface area contributed by atoms with Crippen LogP contribution < -0.4 is 10.1 Å². The van der Waals surface area contributed by atoms with Crippen LogP contribution >= 0.6 is 11.8 Å². The van der Waals surface area contributed by atoms with Crippen LogP contribution in [0.5, 0.6) is 5.75 Å². The van der Waals surface area contributed by atoms with Crippen molar-refractivity contribution >= 4 is 23.4 Å². The summed E-state index contributed by atoms with van der Waals surface area (Å²) in [4.78, 5) is 12.4. The van der Waals surface area contributed by atoms with Gasteiger partial charge in [-0.25, -0.2) is 4.39 Å². The monoisotopic (exact) mass is 462 g/mol. The lowest BCUT2D eigenvalue weighted by atomic mass is 10.2. The normalized spacial score (nSPS) is 10.7. The largest absolute Gasteiger partial charge is 0.497 e. The van der Waals surface area contributed by atoms with Gasteiger partial charge in [-0.15, -0.1) is 10.2 Å². The molecule has 0 aliphatic heterocycles. The molecule has 0 radical (unpaired) electrons. The number of aromatic nitrogens is 3. The zero-order valence-electron chi connectivity index (χ0n) is 18.1. The first-order valence-electron chi connectivity index (χ1n) is 10.4. The molecule has 0 saturated heterocycles. The fourth-order valence-electron chi connectivity index (χ4n) is 3.25. The van der Waals surface area contributed by atoms with Crippen molar-refractivity contribution < 1.29 is 13.9 Å². The predicted octanol–water partition coefficient (Wildman–Crippen LogP) is 5.26. The van der Waals surface area contributed by atoms with Gasteiger partial charge in [-0.05, 0) is 54.1 Å². The van der Waals surface area contributed by atoms with Gasteiger partial charge < -0.3 is 10.1 Å². The van der Waals surface area contributed by atoms with E-state index in [0.717, 1.165) is 22.6 Å². The number of ether oxygens (including phenoxy) is 1. The van der Waals surface area contributed by atoms with Gasteiger partial charge in [0.2, 0.25) is 5.91 Å². The molecule has 8 heteroatoms. The van der Waals surface area contributed by atoms with Crippen molar-refractivity contribution in [2.24, 2.45) is 0 Å². The van der Waals surface area contributed by atoms with Crippen LogP contribution in [0.25, 0.3) is 11.4 Å². The number of methoxy groups -OCH3 is 1. The number of thioether (sulfide) groups is 1. The van der Waals surface area contributed by atoms with Crippen LogP contribution in [-0.4, -0.2) is 33.5 Å². The molecule has 3 aromatic carbocycles. The van der Waals surface area contributed by atoms with Crippen LogP contribution in [0.2, 0.25) is 0 Å². The molecule has 0 bridgehead atoms. The van der Waals surface area contributed by atoms with E-state index in [1.165, 1.54) is 23.9 Å². The summed E-state index contributed by atoms with van der Waals surface area (Å²) >= 11 is 1.46. The number of carbonyl (C=O) groups is 1. The number of nitrogens with one attached hydrogen (secondary N) is 1. The lowest BCUT2D eigenvalue weighted by molar-refractivity contribution is -0.115. The molecule has 0 unspecified atom stereocenters. The minimum absolute atomic E-state index is 0.0828. The smallest absolute Gasteiger partial charge is 0.225 e. The van der Waals surface area contributed by atoms with Gasteiger partial charge in [0.15, 0.2) is 11.0 Å². The zero-order valence-corrected chi connectivity index (χ0v) is 18.9. The molecule has 168 valence electrons. The Labute approximate surface area is 195 Å². The number of hydrogen-bond donors (Lipinski definition) is 1. The van der Waals surface area contributed by atoms with Crippen molar-refractivity contribution in [2.45, 2.75) is 18.1 Å². The summed E-state index contributed by atoms with van der Waals surface area (Å²) in [7, 11) is 1.60. The average molecular weight is 463 g/mol. The molecule has 0 spiro atoms. The Morgan fingerprint density at radius 3 is 2.42 bits per heavy atom. The van der Waals surface area contributed by atoms with Crippen molar-refractivity contribution in [3.05, 3.63) is 90.2 Å². The molecule has 4 aromatic rings. The molecule has 6 nitrogen and oxygen atoms in total. The maximum Gasteiger partial charge on any atom is 0.225 e.